The zero-order valence-electron chi connectivity index (χ0n) is 14.3. The van der Waals surface area contributed by atoms with Crippen LogP contribution >= 0.6 is 0 Å². The number of likely N-dealkylation sites (N-methyl/N-ethyl adjacent to an activating group) is 1. The summed E-state index contributed by atoms with van der Waals surface area (Å²) >= 11 is 0. The summed E-state index contributed by atoms with van der Waals surface area (Å²) in [7, 11) is 2.12. The maximum atomic E-state index is 13.0. The number of carbonyl (C=O) groups excluding carboxylic acids is 1. The van der Waals surface area contributed by atoms with Gasteiger partial charge in [0.15, 0.2) is 0 Å². The number of nitrogens with zero attached hydrogens (tertiary/aromatic N) is 2. The summed E-state index contributed by atoms with van der Waals surface area (Å²) in [5.74, 6) is 0.0928. The molecular formula is C16H31N3O2. The van der Waals surface area contributed by atoms with E-state index in [9.17, 15) is 4.79 Å². The predicted octanol–water partition coefficient (Wildman–Crippen LogP) is 1.07. The number of carbonyl (C=O) groups is 1. The lowest BCUT2D eigenvalue weighted by Crippen LogP contribution is -2.77. The largest absolute Gasteiger partial charge is 0.378 e. The summed E-state index contributed by atoms with van der Waals surface area (Å²) in [5.41, 5.74) is 5.42. The lowest BCUT2D eigenvalue weighted by molar-refractivity contribution is -0.182. The highest BCUT2D eigenvalue weighted by Gasteiger charge is 2.64. The van der Waals surface area contributed by atoms with E-state index in [1.807, 2.05) is 11.8 Å². The van der Waals surface area contributed by atoms with Crippen molar-refractivity contribution in [2.24, 2.45) is 11.1 Å². The molecular weight excluding hydrogens is 266 g/mol. The summed E-state index contributed by atoms with van der Waals surface area (Å²) in [5, 5.41) is 0. The third-order valence-electron chi connectivity index (χ3n) is 5.86. The molecule has 0 aromatic rings. The molecule has 4 unspecified atom stereocenters. The Morgan fingerprint density at radius 2 is 1.81 bits per heavy atom. The van der Waals surface area contributed by atoms with Crippen molar-refractivity contribution < 1.29 is 9.53 Å². The van der Waals surface area contributed by atoms with Crippen molar-refractivity contribution in [1.82, 2.24) is 9.80 Å². The van der Waals surface area contributed by atoms with Crippen molar-refractivity contribution >= 4 is 5.91 Å². The number of hydrogen-bond acceptors (Lipinski definition) is 4. The highest BCUT2D eigenvalue weighted by Crippen LogP contribution is 2.50. The van der Waals surface area contributed by atoms with Gasteiger partial charge in [0.1, 0.15) is 5.54 Å². The van der Waals surface area contributed by atoms with Crippen molar-refractivity contribution in [3.63, 3.8) is 0 Å². The Labute approximate surface area is 128 Å². The average molecular weight is 297 g/mol. The number of ether oxygens (including phenoxy) is 1. The fraction of sp³-hybridized carbons (Fsp3) is 0.938. The van der Waals surface area contributed by atoms with E-state index < -0.39 is 5.54 Å². The van der Waals surface area contributed by atoms with Crippen LogP contribution in [0.3, 0.4) is 0 Å². The maximum absolute atomic E-state index is 13.0. The summed E-state index contributed by atoms with van der Waals surface area (Å²) < 4.78 is 5.73. The molecule has 2 rings (SSSR count). The molecule has 2 N–H and O–H groups in total. The summed E-state index contributed by atoms with van der Waals surface area (Å²) in [4.78, 5) is 17.3. The first-order chi connectivity index (χ1) is 9.65. The van der Waals surface area contributed by atoms with Gasteiger partial charge in [-0.15, -0.1) is 0 Å². The Morgan fingerprint density at radius 1 is 1.29 bits per heavy atom. The van der Waals surface area contributed by atoms with Gasteiger partial charge >= 0.3 is 0 Å². The minimum atomic E-state index is -0.789. The van der Waals surface area contributed by atoms with Crippen LogP contribution in [-0.4, -0.2) is 66.2 Å². The molecule has 0 spiro atoms. The SMILES string of the molecule is CCOC1CC(N)(C(=O)N2CC(C)N(C)C(C)C2)C1(C)C. The Morgan fingerprint density at radius 3 is 2.24 bits per heavy atom. The van der Waals surface area contributed by atoms with Crippen LogP contribution in [0.1, 0.15) is 41.0 Å². The Balaban J connectivity index is 2.10. The molecule has 0 bridgehead atoms. The van der Waals surface area contributed by atoms with Crippen LogP contribution in [0, 0.1) is 5.41 Å². The summed E-state index contributed by atoms with van der Waals surface area (Å²) in [6.07, 6.45) is 0.709. The van der Waals surface area contributed by atoms with E-state index in [0.717, 1.165) is 13.1 Å². The monoisotopic (exact) mass is 297 g/mol. The van der Waals surface area contributed by atoms with E-state index in [-0.39, 0.29) is 17.4 Å². The second kappa shape index (κ2) is 5.52. The van der Waals surface area contributed by atoms with Crippen LogP contribution < -0.4 is 5.73 Å². The normalized spacial score (nSPS) is 40.0. The molecule has 1 amide bonds. The van der Waals surface area contributed by atoms with Crippen LogP contribution in [-0.2, 0) is 9.53 Å². The Hall–Kier alpha value is -0.650. The van der Waals surface area contributed by atoms with Gasteiger partial charge in [-0.1, -0.05) is 13.8 Å². The minimum Gasteiger partial charge on any atom is -0.378 e. The molecule has 1 heterocycles. The fourth-order valence-electron chi connectivity index (χ4n) is 3.65. The second-order valence-electron chi connectivity index (χ2n) is 7.41. The first kappa shape index (κ1) is 16.7. The minimum absolute atomic E-state index is 0.0822. The van der Waals surface area contributed by atoms with Crippen molar-refractivity contribution in [2.75, 3.05) is 26.7 Å². The van der Waals surface area contributed by atoms with Crippen molar-refractivity contribution in [3.05, 3.63) is 0 Å². The van der Waals surface area contributed by atoms with Crippen LogP contribution in [0.5, 0.6) is 0 Å². The van der Waals surface area contributed by atoms with Crippen LogP contribution in [0.2, 0.25) is 0 Å². The molecule has 2 fully saturated rings. The van der Waals surface area contributed by atoms with E-state index in [2.05, 4.69) is 39.6 Å². The number of piperazine rings is 1. The molecule has 2 aliphatic rings. The number of amides is 1. The third kappa shape index (κ3) is 2.49. The lowest BCUT2D eigenvalue weighted by Gasteiger charge is -2.59. The topological polar surface area (TPSA) is 58.8 Å². The number of rotatable bonds is 3. The molecule has 5 heteroatoms. The van der Waals surface area contributed by atoms with Gasteiger partial charge in [-0.3, -0.25) is 9.69 Å². The van der Waals surface area contributed by atoms with E-state index in [1.54, 1.807) is 0 Å². The van der Waals surface area contributed by atoms with Gasteiger partial charge in [0.2, 0.25) is 5.91 Å². The van der Waals surface area contributed by atoms with Gasteiger partial charge in [-0.2, -0.15) is 0 Å². The Kier molecular flexibility index (Phi) is 4.40. The molecule has 0 aromatic heterocycles. The van der Waals surface area contributed by atoms with Gasteiger partial charge in [0.05, 0.1) is 6.10 Å². The zero-order valence-corrected chi connectivity index (χ0v) is 14.3. The molecule has 1 aliphatic heterocycles. The molecule has 1 saturated heterocycles. The van der Waals surface area contributed by atoms with Crippen molar-refractivity contribution in [2.45, 2.75) is 64.8 Å². The first-order valence-corrected chi connectivity index (χ1v) is 8.07. The number of hydrogen-bond donors (Lipinski definition) is 1. The van der Waals surface area contributed by atoms with Gasteiger partial charge in [-0.05, 0) is 27.8 Å². The summed E-state index contributed by atoms with van der Waals surface area (Å²) in [6.45, 7) is 12.6. The average Bonchev–Trinajstić information content (AvgIpc) is 2.42. The van der Waals surface area contributed by atoms with E-state index >= 15 is 0 Å². The first-order valence-electron chi connectivity index (χ1n) is 8.07. The third-order valence-corrected chi connectivity index (χ3v) is 5.86. The molecule has 4 atom stereocenters. The van der Waals surface area contributed by atoms with E-state index in [0.29, 0.717) is 25.1 Å². The molecule has 1 aliphatic carbocycles. The Bertz CT molecular complexity index is 400. The highest BCUT2D eigenvalue weighted by molar-refractivity contribution is 5.89. The maximum Gasteiger partial charge on any atom is 0.243 e. The van der Waals surface area contributed by atoms with Crippen molar-refractivity contribution in [3.8, 4) is 0 Å². The smallest absolute Gasteiger partial charge is 0.243 e. The molecule has 122 valence electrons. The molecule has 0 aromatic carbocycles. The number of nitrogens with two attached hydrogens (primary N) is 1. The van der Waals surface area contributed by atoms with Gasteiger partial charge in [0.25, 0.3) is 0 Å². The molecule has 5 nitrogen and oxygen atoms in total. The van der Waals surface area contributed by atoms with Crippen LogP contribution in [0.4, 0.5) is 0 Å². The fourth-order valence-corrected chi connectivity index (χ4v) is 3.65. The second-order valence-corrected chi connectivity index (χ2v) is 7.41. The molecule has 1 saturated carbocycles. The van der Waals surface area contributed by atoms with Gasteiger partial charge < -0.3 is 15.4 Å². The van der Waals surface area contributed by atoms with Crippen molar-refractivity contribution in [1.29, 1.82) is 0 Å². The predicted molar refractivity (Wildman–Crippen MR) is 84.0 cm³/mol. The zero-order chi connectivity index (χ0) is 16.0. The standard InChI is InChI=1S/C16H31N3O2/c1-7-21-13-8-16(17,15(13,4)5)14(20)19-9-11(2)18(6)12(3)10-19/h11-13H,7-10,17H2,1-6H3. The van der Waals surface area contributed by atoms with Gasteiger partial charge in [-0.25, -0.2) is 0 Å². The van der Waals surface area contributed by atoms with Crippen LogP contribution in [0.15, 0.2) is 0 Å². The van der Waals surface area contributed by atoms with E-state index in [1.165, 1.54) is 0 Å². The van der Waals surface area contributed by atoms with Crippen LogP contribution in [0.25, 0.3) is 0 Å². The molecule has 0 radical (unpaired) electrons. The molecule has 21 heavy (non-hydrogen) atoms. The van der Waals surface area contributed by atoms with Gasteiger partial charge in [0, 0.05) is 43.6 Å². The van der Waals surface area contributed by atoms with E-state index in [4.69, 9.17) is 10.5 Å². The quantitative estimate of drug-likeness (QED) is 0.846. The summed E-state index contributed by atoms with van der Waals surface area (Å²) in [6, 6.07) is 0.736. The highest BCUT2D eigenvalue weighted by atomic mass is 16.5. The lowest BCUT2D eigenvalue weighted by atomic mass is 9.54.